The molecule has 0 unspecified atom stereocenters. The van der Waals surface area contributed by atoms with Crippen LogP contribution in [0.5, 0.6) is 0 Å². The third-order valence-corrected chi connectivity index (χ3v) is 3.03. The van der Waals surface area contributed by atoms with Crippen molar-refractivity contribution in [2.24, 2.45) is 0 Å². The Morgan fingerprint density at radius 2 is 1.93 bits per heavy atom. The van der Waals surface area contributed by atoms with E-state index in [1.807, 2.05) is 12.1 Å². The van der Waals surface area contributed by atoms with Crippen molar-refractivity contribution in [3.05, 3.63) is 35.6 Å². The van der Waals surface area contributed by atoms with Crippen LogP contribution in [-0.4, -0.2) is 19.0 Å². The van der Waals surface area contributed by atoms with Crippen molar-refractivity contribution in [3.63, 3.8) is 0 Å². The number of ether oxygens (including phenoxy) is 1. The molecule has 1 aromatic rings. The molecule has 0 N–H and O–H groups in total. The summed E-state index contributed by atoms with van der Waals surface area (Å²) in [6, 6.07) is 6.71. The molecule has 1 aliphatic heterocycles. The summed E-state index contributed by atoms with van der Waals surface area (Å²) in [5.74, 6) is 0.649. The molecule has 1 aromatic carbocycles. The van der Waals surface area contributed by atoms with E-state index in [1.165, 1.54) is 17.7 Å². The van der Waals surface area contributed by atoms with Crippen LogP contribution in [0.1, 0.15) is 12.0 Å². The molecule has 0 aromatic heterocycles. The first-order valence-corrected chi connectivity index (χ1v) is 5.35. The first-order valence-electron chi connectivity index (χ1n) is 4.71. The van der Waals surface area contributed by atoms with Gasteiger partial charge < -0.3 is 4.74 Å². The molecule has 1 aliphatic rings. The molecule has 2 rings (SSSR count). The molecule has 1 heterocycles. The lowest BCUT2D eigenvalue weighted by Crippen LogP contribution is -2.47. The maximum atomic E-state index is 12.7. The average molecular weight is 212 g/mol. The molecule has 1 fully saturated rings. The van der Waals surface area contributed by atoms with Gasteiger partial charge in [0.2, 0.25) is 0 Å². The Labute approximate surface area is 88.7 Å². The Morgan fingerprint density at radius 1 is 1.29 bits per heavy atom. The second-order valence-electron chi connectivity index (χ2n) is 3.75. The number of hydrogen-bond donors (Lipinski definition) is 1. The lowest BCUT2D eigenvalue weighted by atomic mass is 9.76. The monoisotopic (exact) mass is 212 g/mol. The predicted octanol–water partition coefficient (Wildman–Crippen LogP) is 2.41. The fourth-order valence-corrected chi connectivity index (χ4v) is 2.25. The van der Waals surface area contributed by atoms with Crippen molar-refractivity contribution < 1.29 is 9.13 Å². The summed E-state index contributed by atoms with van der Waals surface area (Å²) >= 11 is 4.24. The van der Waals surface area contributed by atoms with Crippen LogP contribution < -0.4 is 0 Å². The number of rotatable bonds is 3. The summed E-state index contributed by atoms with van der Waals surface area (Å²) < 4.78 is 18.0. The van der Waals surface area contributed by atoms with E-state index in [9.17, 15) is 4.39 Å². The minimum absolute atomic E-state index is 0.0927. The number of hydrogen-bond acceptors (Lipinski definition) is 2. The van der Waals surface area contributed by atoms with Gasteiger partial charge in [0.1, 0.15) is 5.82 Å². The summed E-state index contributed by atoms with van der Waals surface area (Å²) in [6.07, 6.45) is 0.988. The second kappa shape index (κ2) is 3.91. The second-order valence-corrected chi connectivity index (χ2v) is 4.20. The third kappa shape index (κ3) is 1.66. The number of thiol groups is 1. The van der Waals surface area contributed by atoms with Crippen molar-refractivity contribution in [1.82, 2.24) is 0 Å². The Kier molecular flexibility index (Phi) is 2.79. The third-order valence-electron chi connectivity index (χ3n) is 2.80. The lowest BCUT2D eigenvalue weighted by Gasteiger charge is -2.41. The summed E-state index contributed by atoms with van der Waals surface area (Å²) in [5, 5.41) is 0. The largest absolute Gasteiger partial charge is 0.379 e. The highest BCUT2D eigenvalue weighted by atomic mass is 32.1. The molecule has 1 saturated heterocycles. The molecular formula is C11H13FOS. The molecule has 14 heavy (non-hydrogen) atoms. The van der Waals surface area contributed by atoms with E-state index in [0.29, 0.717) is 0 Å². The zero-order valence-corrected chi connectivity index (χ0v) is 8.77. The molecule has 3 heteroatoms. The van der Waals surface area contributed by atoms with Crippen LogP contribution in [0.25, 0.3) is 0 Å². The smallest absolute Gasteiger partial charge is 0.123 e. The predicted molar refractivity (Wildman–Crippen MR) is 57.4 cm³/mol. The zero-order valence-electron chi connectivity index (χ0n) is 7.87. The molecule has 0 atom stereocenters. The van der Waals surface area contributed by atoms with Gasteiger partial charge in [0.05, 0.1) is 13.2 Å². The molecule has 0 bridgehead atoms. The molecule has 0 saturated carbocycles. The molecule has 0 amide bonds. The molecule has 0 radical (unpaired) electrons. The maximum Gasteiger partial charge on any atom is 0.123 e. The standard InChI is InChI=1S/C11H13FOS/c12-10-3-1-9(2-4-10)11(5-6-14)7-13-8-11/h1-4,14H,5-8H2. The Hall–Kier alpha value is -0.540. The van der Waals surface area contributed by atoms with E-state index in [1.54, 1.807) is 0 Å². The van der Waals surface area contributed by atoms with Crippen molar-refractivity contribution >= 4 is 12.6 Å². The lowest BCUT2D eigenvalue weighted by molar-refractivity contribution is -0.0614. The van der Waals surface area contributed by atoms with E-state index in [0.717, 1.165) is 25.4 Å². The van der Waals surface area contributed by atoms with Crippen LogP contribution >= 0.6 is 12.6 Å². The highest BCUT2D eigenvalue weighted by molar-refractivity contribution is 7.80. The minimum Gasteiger partial charge on any atom is -0.379 e. The minimum atomic E-state index is -0.185. The molecule has 0 spiro atoms. The van der Waals surface area contributed by atoms with Gasteiger partial charge >= 0.3 is 0 Å². The van der Waals surface area contributed by atoms with Gasteiger partial charge in [-0.2, -0.15) is 12.6 Å². The van der Waals surface area contributed by atoms with Gasteiger partial charge in [0.25, 0.3) is 0 Å². The van der Waals surface area contributed by atoms with Crippen LogP contribution in [-0.2, 0) is 10.2 Å². The number of benzene rings is 1. The topological polar surface area (TPSA) is 9.23 Å². The fraction of sp³-hybridized carbons (Fsp3) is 0.455. The summed E-state index contributed by atoms with van der Waals surface area (Å²) in [5.41, 5.74) is 1.26. The SMILES string of the molecule is Fc1ccc(C2(CCS)COC2)cc1. The first-order chi connectivity index (χ1) is 6.77. The van der Waals surface area contributed by atoms with E-state index in [4.69, 9.17) is 4.74 Å². The van der Waals surface area contributed by atoms with Crippen LogP contribution in [0.2, 0.25) is 0 Å². The van der Waals surface area contributed by atoms with Crippen LogP contribution in [0.15, 0.2) is 24.3 Å². The fourth-order valence-electron chi connectivity index (χ4n) is 1.82. The van der Waals surface area contributed by atoms with E-state index >= 15 is 0 Å². The van der Waals surface area contributed by atoms with Gasteiger partial charge in [-0.1, -0.05) is 12.1 Å². The van der Waals surface area contributed by atoms with E-state index in [-0.39, 0.29) is 11.2 Å². The van der Waals surface area contributed by atoms with E-state index < -0.39 is 0 Å². The Bertz CT molecular complexity index is 306. The van der Waals surface area contributed by atoms with Crippen LogP contribution in [0.4, 0.5) is 4.39 Å². The van der Waals surface area contributed by atoms with Crippen molar-refractivity contribution in [2.75, 3.05) is 19.0 Å². The highest BCUT2D eigenvalue weighted by Gasteiger charge is 2.39. The van der Waals surface area contributed by atoms with E-state index in [2.05, 4.69) is 12.6 Å². The first kappa shape index (κ1) is 9.99. The van der Waals surface area contributed by atoms with Gasteiger partial charge in [0.15, 0.2) is 0 Å². The van der Waals surface area contributed by atoms with Crippen molar-refractivity contribution in [2.45, 2.75) is 11.8 Å². The Morgan fingerprint density at radius 3 is 2.36 bits per heavy atom. The summed E-state index contributed by atoms with van der Waals surface area (Å²) in [4.78, 5) is 0. The van der Waals surface area contributed by atoms with Gasteiger partial charge in [-0.05, 0) is 29.9 Å². The maximum absolute atomic E-state index is 12.7. The van der Waals surface area contributed by atoms with Crippen molar-refractivity contribution in [1.29, 1.82) is 0 Å². The normalized spacial score (nSPS) is 19.0. The van der Waals surface area contributed by atoms with Crippen LogP contribution in [0, 0.1) is 5.82 Å². The van der Waals surface area contributed by atoms with Crippen molar-refractivity contribution in [3.8, 4) is 0 Å². The zero-order chi connectivity index (χ0) is 10.0. The van der Waals surface area contributed by atoms with Gasteiger partial charge in [-0.3, -0.25) is 0 Å². The molecule has 1 nitrogen and oxygen atoms in total. The quantitative estimate of drug-likeness (QED) is 0.757. The summed E-state index contributed by atoms with van der Waals surface area (Å²) in [6.45, 7) is 1.47. The summed E-state index contributed by atoms with van der Waals surface area (Å²) in [7, 11) is 0. The van der Waals surface area contributed by atoms with Gasteiger partial charge in [-0.25, -0.2) is 4.39 Å². The van der Waals surface area contributed by atoms with Gasteiger partial charge in [-0.15, -0.1) is 0 Å². The molecular weight excluding hydrogens is 199 g/mol. The molecule has 0 aliphatic carbocycles. The van der Waals surface area contributed by atoms with Crippen LogP contribution in [0.3, 0.4) is 0 Å². The number of halogens is 1. The molecule has 76 valence electrons. The Balaban J connectivity index is 2.23. The van der Waals surface area contributed by atoms with Gasteiger partial charge in [0, 0.05) is 5.41 Å². The highest BCUT2D eigenvalue weighted by Crippen LogP contribution is 2.35. The average Bonchev–Trinajstić information content (AvgIpc) is 2.13.